The van der Waals surface area contributed by atoms with E-state index in [1.54, 1.807) is 31.2 Å². The standard InChI is InChI=1S/C15H18F3N5/c1-9(8-19)23-14(20)12(13(21-23)15(16,17)18)10-4-6-11(7-5-10)22(2)3/h4-9,19H,20H2,1-3H3. The molecular formula is C15H18F3N5. The number of nitrogens with one attached hydrogen (secondary N) is 1. The minimum Gasteiger partial charge on any atom is -0.383 e. The van der Waals surface area contributed by atoms with E-state index < -0.39 is 17.9 Å². The van der Waals surface area contributed by atoms with Gasteiger partial charge in [0.25, 0.3) is 0 Å². The van der Waals surface area contributed by atoms with Gasteiger partial charge in [-0.2, -0.15) is 18.3 Å². The Morgan fingerprint density at radius 3 is 2.26 bits per heavy atom. The van der Waals surface area contributed by atoms with Crippen molar-refractivity contribution >= 4 is 17.7 Å². The van der Waals surface area contributed by atoms with Crippen molar-refractivity contribution in [3.05, 3.63) is 30.0 Å². The normalized spacial score (nSPS) is 13.0. The molecule has 0 saturated heterocycles. The molecule has 1 aromatic carbocycles. The van der Waals surface area contributed by atoms with Crippen LogP contribution in [0.25, 0.3) is 11.1 Å². The van der Waals surface area contributed by atoms with Gasteiger partial charge in [-0.3, -0.25) is 0 Å². The van der Waals surface area contributed by atoms with Crippen molar-refractivity contribution in [2.75, 3.05) is 24.7 Å². The molecule has 0 bridgehead atoms. The highest BCUT2D eigenvalue weighted by Gasteiger charge is 2.39. The molecule has 1 heterocycles. The van der Waals surface area contributed by atoms with Gasteiger partial charge in [-0.1, -0.05) is 12.1 Å². The zero-order valence-corrected chi connectivity index (χ0v) is 13.0. The van der Waals surface area contributed by atoms with Crippen LogP contribution in [-0.4, -0.2) is 30.1 Å². The number of hydrogen-bond acceptors (Lipinski definition) is 4. The van der Waals surface area contributed by atoms with Crippen LogP contribution in [0.1, 0.15) is 18.7 Å². The molecule has 0 aliphatic rings. The highest BCUT2D eigenvalue weighted by atomic mass is 19.4. The third-order valence-corrected chi connectivity index (χ3v) is 3.52. The van der Waals surface area contributed by atoms with E-state index in [4.69, 9.17) is 11.1 Å². The third-order valence-electron chi connectivity index (χ3n) is 3.52. The molecule has 0 spiro atoms. The average molecular weight is 325 g/mol. The number of aromatic nitrogens is 2. The lowest BCUT2D eigenvalue weighted by Crippen LogP contribution is -2.12. The van der Waals surface area contributed by atoms with E-state index in [9.17, 15) is 13.2 Å². The molecule has 0 saturated carbocycles. The van der Waals surface area contributed by atoms with Crippen molar-refractivity contribution in [1.82, 2.24) is 9.78 Å². The van der Waals surface area contributed by atoms with Crippen molar-refractivity contribution in [3.8, 4) is 11.1 Å². The van der Waals surface area contributed by atoms with Gasteiger partial charge in [0, 0.05) is 26.0 Å². The van der Waals surface area contributed by atoms with Crippen LogP contribution >= 0.6 is 0 Å². The number of hydrogen-bond donors (Lipinski definition) is 2. The van der Waals surface area contributed by atoms with E-state index in [0.717, 1.165) is 16.6 Å². The highest BCUT2D eigenvalue weighted by Crippen LogP contribution is 2.40. The first-order chi connectivity index (χ1) is 10.7. The SMILES string of the molecule is CC(C=N)n1nc(C(F)(F)F)c(-c2ccc(N(C)C)cc2)c1N. The first kappa shape index (κ1) is 16.9. The number of nitrogens with two attached hydrogens (primary N) is 1. The maximum absolute atomic E-state index is 13.3. The molecule has 0 amide bonds. The Hall–Kier alpha value is -2.51. The summed E-state index contributed by atoms with van der Waals surface area (Å²) in [5.41, 5.74) is 5.90. The first-order valence-electron chi connectivity index (χ1n) is 6.90. The molecule has 2 aromatic rings. The van der Waals surface area contributed by atoms with E-state index in [-0.39, 0.29) is 11.4 Å². The Balaban J connectivity index is 2.64. The van der Waals surface area contributed by atoms with Crippen molar-refractivity contribution < 1.29 is 13.2 Å². The first-order valence-corrected chi connectivity index (χ1v) is 6.90. The molecule has 8 heteroatoms. The van der Waals surface area contributed by atoms with Crippen LogP contribution in [0.2, 0.25) is 0 Å². The van der Waals surface area contributed by atoms with Crippen molar-refractivity contribution in [1.29, 1.82) is 5.41 Å². The second-order valence-corrected chi connectivity index (χ2v) is 5.40. The summed E-state index contributed by atoms with van der Waals surface area (Å²) in [5.74, 6) is -0.106. The summed E-state index contributed by atoms with van der Waals surface area (Å²) < 4.78 is 40.9. The van der Waals surface area contributed by atoms with Crippen LogP contribution < -0.4 is 10.6 Å². The maximum Gasteiger partial charge on any atom is 0.435 e. The minimum atomic E-state index is -4.63. The Bertz CT molecular complexity index is 701. The number of benzene rings is 1. The van der Waals surface area contributed by atoms with Gasteiger partial charge in [0.2, 0.25) is 0 Å². The van der Waals surface area contributed by atoms with Crippen LogP contribution in [0.4, 0.5) is 24.7 Å². The van der Waals surface area contributed by atoms with E-state index in [1.807, 2.05) is 19.0 Å². The lowest BCUT2D eigenvalue weighted by molar-refractivity contribution is -0.141. The predicted molar refractivity (Wildman–Crippen MR) is 84.9 cm³/mol. The number of nitrogens with zero attached hydrogens (tertiary/aromatic N) is 3. The lowest BCUT2D eigenvalue weighted by Gasteiger charge is -2.13. The summed E-state index contributed by atoms with van der Waals surface area (Å²) in [6, 6.07) is 5.93. The predicted octanol–water partition coefficient (Wildman–Crippen LogP) is 3.43. The molecule has 1 atom stereocenters. The van der Waals surface area contributed by atoms with Crippen LogP contribution in [0, 0.1) is 5.41 Å². The molecule has 3 N–H and O–H groups in total. The van der Waals surface area contributed by atoms with E-state index >= 15 is 0 Å². The van der Waals surface area contributed by atoms with E-state index in [0.29, 0.717) is 5.56 Å². The number of rotatable bonds is 4. The molecule has 0 aliphatic carbocycles. The quantitative estimate of drug-likeness (QED) is 0.846. The largest absolute Gasteiger partial charge is 0.435 e. The molecule has 1 unspecified atom stereocenters. The second kappa shape index (κ2) is 5.94. The summed E-state index contributed by atoms with van der Waals surface area (Å²) in [7, 11) is 3.68. The van der Waals surface area contributed by atoms with Gasteiger partial charge in [-0.25, -0.2) is 4.68 Å². The van der Waals surface area contributed by atoms with Crippen molar-refractivity contribution in [2.45, 2.75) is 19.1 Å². The third kappa shape index (κ3) is 3.15. The minimum absolute atomic E-state index is 0.106. The van der Waals surface area contributed by atoms with E-state index in [1.165, 1.54) is 0 Å². The highest BCUT2D eigenvalue weighted by molar-refractivity contribution is 5.79. The lowest BCUT2D eigenvalue weighted by atomic mass is 10.0. The fourth-order valence-corrected chi connectivity index (χ4v) is 2.24. The van der Waals surface area contributed by atoms with E-state index in [2.05, 4.69) is 5.10 Å². The van der Waals surface area contributed by atoms with Gasteiger partial charge >= 0.3 is 6.18 Å². The maximum atomic E-state index is 13.3. The number of nitrogen functional groups attached to an aromatic ring is 1. The topological polar surface area (TPSA) is 70.9 Å². The molecule has 1 aromatic heterocycles. The Kier molecular flexibility index (Phi) is 4.35. The van der Waals surface area contributed by atoms with Gasteiger partial charge < -0.3 is 16.0 Å². The molecule has 0 radical (unpaired) electrons. The van der Waals surface area contributed by atoms with Gasteiger partial charge in [0.1, 0.15) is 5.82 Å². The van der Waals surface area contributed by atoms with Crippen LogP contribution in [0.3, 0.4) is 0 Å². The van der Waals surface area contributed by atoms with Gasteiger partial charge in [-0.15, -0.1) is 0 Å². The Morgan fingerprint density at radius 1 is 1.26 bits per heavy atom. The number of halogens is 3. The van der Waals surface area contributed by atoms with Crippen LogP contribution in [-0.2, 0) is 6.18 Å². The molecule has 0 fully saturated rings. The second-order valence-electron chi connectivity index (χ2n) is 5.40. The Labute approximate surface area is 132 Å². The van der Waals surface area contributed by atoms with Gasteiger partial charge in [0.15, 0.2) is 5.69 Å². The smallest absolute Gasteiger partial charge is 0.383 e. The monoisotopic (exact) mass is 325 g/mol. The van der Waals surface area contributed by atoms with Crippen molar-refractivity contribution in [2.24, 2.45) is 0 Å². The molecule has 2 rings (SSSR count). The number of alkyl halides is 3. The summed E-state index contributed by atoms with van der Waals surface area (Å²) in [5, 5.41) is 10.8. The van der Waals surface area contributed by atoms with Crippen LogP contribution in [0.15, 0.2) is 24.3 Å². The number of anilines is 2. The van der Waals surface area contributed by atoms with Gasteiger partial charge in [0.05, 0.1) is 11.6 Å². The van der Waals surface area contributed by atoms with Crippen molar-refractivity contribution in [3.63, 3.8) is 0 Å². The fourth-order valence-electron chi connectivity index (χ4n) is 2.24. The molecule has 23 heavy (non-hydrogen) atoms. The zero-order chi connectivity index (χ0) is 17.4. The van der Waals surface area contributed by atoms with Gasteiger partial charge in [-0.05, 0) is 24.6 Å². The zero-order valence-electron chi connectivity index (χ0n) is 13.0. The molecule has 5 nitrogen and oxygen atoms in total. The molecule has 0 aliphatic heterocycles. The summed E-state index contributed by atoms with van der Waals surface area (Å²) in [6.45, 7) is 1.55. The fraction of sp³-hybridized carbons (Fsp3) is 0.333. The Morgan fingerprint density at radius 2 is 1.83 bits per heavy atom. The summed E-state index contributed by atoms with van der Waals surface area (Å²) in [6.07, 6.45) is -3.64. The molecular weight excluding hydrogens is 307 g/mol. The molecule has 124 valence electrons. The van der Waals surface area contributed by atoms with Crippen LogP contribution in [0.5, 0.6) is 0 Å². The summed E-state index contributed by atoms with van der Waals surface area (Å²) >= 11 is 0. The average Bonchev–Trinajstić information content (AvgIpc) is 2.84. The summed E-state index contributed by atoms with van der Waals surface area (Å²) in [4.78, 5) is 1.85.